The zero-order chi connectivity index (χ0) is 18.7. The van der Waals surface area contributed by atoms with Crippen molar-refractivity contribution >= 4 is 22.8 Å². The molecule has 0 aliphatic rings. The van der Waals surface area contributed by atoms with Crippen molar-refractivity contribution in [3.63, 3.8) is 0 Å². The summed E-state index contributed by atoms with van der Waals surface area (Å²) in [7, 11) is 1.47. The van der Waals surface area contributed by atoms with E-state index < -0.39 is 11.8 Å². The fourth-order valence-electron chi connectivity index (χ4n) is 2.47. The minimum absolute atomic E-state index is 0.0856. The van der Waals surface area contributed by atoms with Crippen molar-refractivity contribution in [2.75, 3.05) is 7.11 Å². The Kier molecular flexibility index (Phi) is 4.74. The number of carbonyl (C=O) groups excluding carboxylic acids is 2. The maximum atomic E-state index is 12.6. The van der Waals surface area contributed by atoms with Crippen LogP contribution >= 0.6 is 0 Å². The van der Waals surface area contributed by atoms with Crippen molar-refractivity contribution in [1.82, 2.24) is 9.97 Å². The molecule has 0 amide bonds. The lowest BCUT2D eigenvalue weighted by Gasteiger charge is -2.11. The first-order valence-electron chi connectivity index (χ1n) is 7.69. The van der Waals surface area contributed by atoms with E-state index in [4.69, 9.17) is 9.47 Å². The minimum Gasteiger partial charge on any atom is -0.618 e. The van der Waals surface area contributed by atoms with Gasteiger partial charge >= 0.3 is 5.97 Å². The van der Waals surface area contributed by atoms with Crippen LogP contribution in [-0.2, 0) is 11.3 Å². The van der Waals surface area contributed by atoms with Crippen LogP contribution in [-0.4, -0.2) is 28.8 Å². The second kappa shape index (κ2) is 7.14. The first-order chi connectivity index (χ1) is 12.5. The maximum Gasteiger partial charge on any atom is 0.340 e. The average molecular weight is 353 g/mol. The van der Waals surface area contributed by atoms with Gasteiger partial charge in [-0.15, -0.1) is 0 Å². The number of ketones is 1. The molecule has 0 aliphatic heterocycles. The van der Waals surface area contributed by atoms with E-state index in [-0.39, 0.29) is 29.1 Å². The third-order valence-corrected chi connectivity index (χ3v) is 3.70. The number of aromatic nitrogens is 3. The normalized spacial score (nSPS) is 10.5. The number of carbonyl (C=O) groups is 2. The van der Waals surface area contributed by atoms with Crippen LogP contribution in [0.15, 0.2) is 42.7 Å². The maximum absolute atomic E-state index is 12.6. The van der Waals surface area contributed by atoms with Crippen LogP contribution in [0, 0.1) is 5.21 Å². The number of Topliss-reactive ketones (excluding diaryl/α,β-unsaturated/α-hetero) is 1. The van der Waals surface area contributed by atoms with Gasteiger partial charge in [-0.3, -0.25) is 9.78 Å². The molecule has 0 bridgehead atoms. The van der Waals surface area contributed by atoms with Crippen molar-refractivity contribution < 1.29 is 23.8 Å². The second-order valence-electron chi connectivity index (χ2n) is 5.43. The third kappa shape index (κ3) is 3.30. The Morgan fingerprint density at radius 1 is 1.27 bits per heavy atom. The van der Waals surface area contributed by atoms with Gasteiger partial charge in [0.2, 0.25) is 11.3 Å². The van der Waals surface area contributed by atoms with Crippen molar-refractivity contribution in [2.24, 2.45) is 0 Å². The number of pyridine rings is 1. The Labute approximate surface area is 148 Å². The molecule has 8 heteroatoms. The molecule has 0 saturated carbocycles. The molecule has 0 unspecified atom stereocenters. The number of methoxy groups -OCH3 is 1. The number of rotatable bonds is 5. The van der Waals surface area contributed by atoms with Crippen molar-refractivity contribution in [3.05, 3.63) is 64.9 Å². The quantitative estimate of drug-likeness (QED) is 0.298. The van der Waals surface area contributed by atoms with Gasteiger partial charge in [0.1, 0.15) is 17.9 Å². The summed E-state index contributed by atoms with van der Waals surface area (Å²) in [5.74, 6) is -0.638. The van der Waals surface area contributed by atoms with Crippen LogP contribution in [0.4, 0.5) is 0 Å². The zero-order valence-corrected chi connectivity index (χ0v) is 14.1. The summed E-state index contributed by atoms with van der Waals surface area (Å²) in [5.41, 5.74) is 0.722. The summed E-state index contributed by atoms with van der Waals surface area (Å²) >= 11 is 0. The molecule has 2 aromatic heterocycles. The molecular formula is C18H15N3O5. The van der Waals surface area contributed by atoms with E-state index in [0.29, 0.717) is 16.0 Å². The molecule has 0 spiro atoms. The molecule has 0 N–H and O–H groups in total. The topological polar surface area (TPSA) is 105 Å². The lowest BCUT2D eigenvalue weighted by molar-refractivity contribution is -0.580. The first-order valence-corrected chi connectivity index (χ1v) is 7.69. The highest BCUT2D eigenvalue weighted by molar-refractivity contribution is 5.93. The molecular weight excluding hydrogens is 338 g/mol. The molecule has 0 fully saturated rings. The first kappa shape index (κ1) is 17.3. The summed E-state index contributed by atoms with van der Waals surface area (Å²) in [4.78, 5) is 32.2. The predicted octanol–water partition coefficient (Wildman–Crippen LogP) is 1.83. The van der Waals surface area contributed by atoms with Gasteiger partial charge in [0.15, 0.2) is 5.69 Å². The van der Waals surface area contributed by atoms with Crippen LogP contribution in [0.5, 0.6) is 5.75 Å². The molecule has 0 aliphatic carbocycles. The summed E-state index contributed by atoms with van der Waals surface area (Å²) in [6.45, 7) is 0.941. The van der Waals surface area contributed by atoms with Gasteiger partial charge in [0.05, 0.1) is 18.7 Å². The van der Waals surface area contributed by atoms with E-state index in [1.165, 1.54) is 32.5 Å². The van der Waals surface area contributed by atoms with Crippen LogP contribution in [0.2, 0.25) is 0 Å². The Bertz CT molecular complexity index is 989. The van der Waals surface area contributed by atoms with Crippen molar-refractivity contribution in [1.29, 1.82) is 0 Å². The molecule has 3 rings (SSSR count). The Morgan fingerprint density at radius 3 is 2.73 bits per heavy atom. The van der Waals surface area contributed by atoms with Crippen LogP contribution in [0.25, 0.3) is 11.0 Å². The monoisotopic (exact) mass is 353 g/mol. The molecule has 2 heterocycles. The van der Waals surface area contributed by atoms with E-state index in [9.17, 15) is 14.8 Å². The van der Waals surface area contributed by atoms with Crippen molar-refractivity contribution in [3.8, 4) is 5.75 Å². The number of benzene rings is 1. The fourth-order valence-corrected chi connectivity index (χ4v) is 2.47. The van der Waals surface area contributed by atoms with Gasteiger partial charge in [-0.2, -0.15) is 4.73 Å². The van der Waals surface area contributed by atoms with Gasteiger partial charge in [-0.25, -0.2) is 9.78 Å². The Balaban J connectivity index is 1.98. The average Bonchev–Trinajstić information content (AvgIpc) is 2.66. The van der Waals surface area contributed by atoms with E-state index in [2.05, 4.69) is 9.97 Å². The Hall–Kier alpha value is -3.55. The van der Waals surface area contributed by atoms with Gasteiger partial charge in [0, 0.05) is 19.3 Å². The molecule has 0 atom stereocenters. The smallest absolute Gasteiger partial charge is 0.340 e. The minimum atomic E-state index is -0.623. The highest BCUT2D eigenvalue weighted by Gasteiger charge is 2.24. The second-order valence-corrected chi connectivity index (χ2v) is 5.43. The summed E-state index contributed by atoms with van der Waals surface area (Å²) in [6.07, 6.45) is 2.90. The molecule has 3 aromatic rings. The molecule has 1 aromatic carbocycles. The number of hydrogen-bond donors (Lipinski definition) is 0. The number of nitrogens with zero attached hydrogens (tertiary/aromatic N) is 3. The molecule has 132 valence electrons. The number of esters is 1. The molecule has 8 nitrogen and oxygen atoms in total. The van der Waals surface area contributed by atoms with E-state index in [0.717, 1.165) is 0 Å². The van der Waals surface area contributed by atoms with E-state index >= 15 is 0 Å². The zero-order valence-electron chi connectivity index (χ0n) is 14.1. The molecule has 0 saturated heterocycles. The molecule has 26 heavy (non-hydrogen) atoms. The van der Waals surface area contributed by atoms with Crippen LogP contribution < -0.4 is 9.47 Å². The van der Waals surface area contributed by atoms with E-state index in [1.807, 2.05) is 0 Å². The Morgan fingerprint density at radius 2 is 2.08 bits per heavy atom. The summed E-state index contributed by atoms with van der Waals surface area (Å²) in [5, 5.41) is 12.6. The molecule has 0 radical (unpaired) electrons. The van der Waals surface area contributed by atoms with Gasteiger partial charge in [0.25, 0.3) is 5.69 Å². The van der Waals surface area contributed by atoms with Gasteiger partial charge < -0.3 is 14.7 Å². The van der Waals surface area contributed by atoms with Gasteiger partial charge in [-0.05, 0) is 24.3 Å². The van der Waals surface area contributed by atoms with Crippen LogP contribution in [0.1, 0.15) is 33.5 Å². The van der Waals surface area contributed by atoms with Crippen molar-refractivity contribution in [2.45, 2.75) is 13.5 Å². The SMILES string of the molecule is COc1ccc2nc(COC(=O)c3cccnc3)c(C(C)=O)[n+]([O-])c2c1. The van der Waals surface area contributed by atoms with Gasteiger partial charge in [-0.1, -0.05) is 0 Å². The lowest BCUT2D eigenvalue weighted by atomic mass is 10.2. The fraction of sp³-hybridized carbons (Fsp3) is 0.167. The number of ether oxygens (including phenoxy) is 2. The van der Waals surface area contributed by atoms with E-state index in [1.54, 1.807) is 24.3 Å². The van der Waals surface area contributed by atoms with Crippen LogP contribution in [0.3, 0.4) is 0 Å². The lowest BCUT2D eigenvalue weighted by Crippen LogP contribution is -2.37. The summed E-state index contributed by atoms with van der Waals surface area (Å²) < 4.78 is 10.8. The summed E-state index contributed by atoms with van der Waals surface area (Å²) in [6, 6.07) is 7.89. The largest absolute Gasteiger partial charge is 0.618 e. The predicted molar refractivity (Wildman–Crippen MR) is 90.6 cm³/mol. The highest BCUT2D eigenvalue weighted by atomic mass is 16.5. The highest BCUT2D eigenvalue weighted by Crippen LogP contribution is 2.19. The number of fused-ring (bicyclic) bond motifs is 1. The third-order valence-electron chi connectivity index (χ3n) is 3.70. The number of hydrogen-bond acceptors (Lipinski definition) is 7. The standard InChI is InChI=1S/C18H15N3O5/c1-11(22)17-15(10-26-18(23)12-4-3-7-19-9-12)20-14-6-5-13(25-2)8-16(14)21(17)24/h3-9H,10H2,1-2H3.